The summed E-state index contributed by atoms with van der Waals surface area (Å²) in [5.74, 6) is 0.140. The van der Waals surface area contributed by atoms with Crippen molar-refractivity contribution in [1.82, 2.24) is 5.32 Å². The van der Waals surface area contributed by atoms with E-state index in [9.17, 15) is 9.59 Å². The van der Waals surface area contributed by atoms with Crippen molar-refractivity contribution in [3.63, 3.8) is 0 Å². The van der Waals surface area contributed by atoms with Gasteiger partial charge in [-0.1, -0.05) is 29.8 Å². The molecule has 30 heavy (non-hydrogen) atoms. The molecule has 160 valence electrons. The van der Waals surface area contributed by atoms with E-state index in [4.69, 9.17) is 21.7 Å². The summed E-state index contributed by atoms with van der Waals surface area (Å²) in [5.41, 5.74) is 1.44. The number of nitrogens with one attached hydrogen (secondary N) is 3. The topological polar surface area (TPSA) is 88.7 Å². The van der Waals surface area contributed by atoms with Gasteiger partial charge in [0.15, 0.2) is 5.11 Å². The lowest BCUT2D eigenvalue weighted by molar-refractivity contribution is -0.118. The van der Waals surface area contributed by atoms with Gasteiger partial charge in [-0.3, -0.25) is 14.9 Å². The van der Waals surface area contributed by atoms with Crippen molar-refractivity contribution in [3.05, 3.63) is 44.8 Å². The Hall–Kier alpha value is -2.17. The Labute approximate surface area is 197 Å². The van der Waals surface area contributed by atoms with Gasteiger partial charge in [0.25, 0.3) is 5.91 Å². The zero-order valence-electron chi connectivity index (χ0n) is 16.8. The van der Waals surface area contributed by atoms with Gasteiger partial charge in [0.2, 0.25) is 5.91 Å². The number of benzene rings is 2. The number of anilines is 2. The minimum absolute atomic E-state index is 0.0965. The lowest BCUT2D eigenvalue weighted by Gasteiger charge is -2.15. The number of amides is 2. The largest absolute Gasteiger partial charge is 0.495 e. The van der Waals surface area contributed by atoms with Crippen molar-refractivity contribution in [1.29, 1.82) is 0 Å². The molecule has 2 amide bonds. The smallest absolute Gasteiger partial charge is 0.261 e. The number of rotatable bonds is 6. The number of methoxy groups -OCH3 is 2. The molecule has 0 aliphatic carbocycles. The van der Waals surface area contributed by atoms with Crippen LogP contribution in [0.1, 0.15) is 24.2 Å². The Bertz CT molecular complexity index is 983. The molecule has 2 aromatic carbocycles. The molecule has 10 heteroatoms. The molecular weight excluding hydrogens is 538 g/mol. The van der Waals surface area contributed by atoms with Crippen LogP contribution >= 0.6 is 44.1 Å². The van der Waals surface area contributed by atoms with E-state index >= 15 is 0 Å². The van der Waals surface area contributed by atoms with E-state index in [1.165, 1.54) is 14.2 Å². The van der Waals surface area contributed by atoms with Gasteiger partial charge in [-0.2, -0.15) is 0 Å². The fourth-order valence-corrected chi connectivity index (χ4v) is 4.02. The molecule has 0 heterocycles. The average Bonchev–Trinajstić information content (AvgIpc) is 2.68. The van der Waals surface area contributed by atoms with Gasteiger partial charge in [0, 0.05) is 22.1 Å². The first kappa shape index (κ1) is 24.1. The number of halogens is 2. The van der Waals surface area contributed by atoms with Crippen LogP contribution in [0.3, 0.4) is 0 Å². The molecule has 0 atom stereocenters. The van der Waals surface area contributed by atoms with Crippen molar-refractivity contribution in [2.45, 2.75) is 13.8 Å². The monoisotopic (exact) mass is 557 g/mol. The number of hydrogen-bond acceptors (Lipinski definition) is 5. The first-order valence-corrected chi connectivity index (χ1v) is 10.8. The number of carbonyl (C=O) groups excluding carboxylic acids is 2. The SMILES string of the molecule is COc1cc(NC(=S)NC(=O)c2cc(Br)cc(Br)c2OC)ccc1NC(=O)C(C)C. The van der Waals surface area contributed by atoms with Crippen molar-refractivity contribution in [2.75, 3.05) is 24.9 Å². The zero-order chi connectivity index (χ0) is 22.4. The Kier molecular flexibility index (Phi) is 8.63. The second-order valence-corrected chi connectivity index (χ2v) is 8.61. The lowest BCUT2D eigenvalue weighted by atomic mass is 10.2. The van der Waals surface area contributed by atoms with Crippen molar-refractivity contribution in [3.8, 4) is 11.5 Å². The van der Waals surface area contributed by atoms with Gasteiger partial charge in [-0.25, -0.2) is 0 Å². The van der Waals surface area contributed by atoms with Crippen LogP contribution in [0.2, 0.25) is 0 Å². The van der Waals surface area contributed by atoms with E-state index in [-0.39, 0.29) is 16.9 Å². The summed E-state index contributed by atoms with van der Waals surface area (Å²) in [6.07, 6.45) is 0. The summed E-state index contributed by atoms with van der Waals surface area (Å²) in [4.78, 5) is 24.6. The van der Waals surface area contributed by atoms with E-state index in [2.05, 4.69) is 47.8 Å². The minimum atomic E-state index is -0.431. The van der Waals surface area contributed by atoms with Crippen molar-refractivity contribution in [2.24, 2.45) is 5.92 Å². The van der Waals surface area contributed by atoms with Gasteiger partial charge in [0.1, 0.15) is 11.5 Å². The molecule has 2 aromatic rings. The van der Waals surface area contributed by atoms with Crippen LogP contribution < -0.4 is 25.4 Å². The quantitative estimate of drug-likeness (QED) is 0.435. The lowest BCUT2D eigenvalue weighted by Crippen LogP contribution is -2.34. The summed E-state index contributed by atoms with van der Waals surface area (Å²) in [6, 6.07) is 8.49. The van der Waals surface area contributed by atoms with E-state index in [1.807, 2.05) is 0 Å². The third-order valence-corrected chi connectivity index (χ3v) is 5.18. The predicted octanol–water partition coefficient (Wildman–Crippen LogP) is 4.95. The van der Waals surface area contributed by atoms with E-state index in [1.54, 1.807) is 44.2 Å². The molecule has 0 aliphatic heterocycles. The Morgan fingerprint density at radius 1 is 1.03 bits per heavy atom. The van der Waals surface area contributed by atoms with Crippen LogP contribution in [0.4, 0.5) is 11.4 Å². The molecule has 0 aromatic heterocycles. The average molecular weight is 559 g/mol. The Morgan fingerprint density at radius 2 is 1.73 bits per heavy atom. The fourth-order valence-electron chi connectivity index (χ4n) is 2.42. The third kappa shape index (κ3) is 6.16. The molecule has 0 fully saturated rings. The maximum atomic E-state index is 12.7. The first-order valence-electron chi connectivity index (χ1n) is 8.80. The molecule has 0 saturated heterocycles. The van der Waals surface area contributed by atoms with Gasteiger partial charge >= 0.3 is 0 Å². The molecule has 0 aliphatic rings. The third-order valence-electron chi connectivity index (χ3n) is 3.93. The molecule has 0 spiro atoms. The summed E-state index contributed by atoms with van der Waals surface area (Å²) in [6.45, 7) is 3.61. The molecule has 2 rings (SSSR count). The van der Waals surface area contributed by atoms with Crippen LogP contribution in [-0.4, -0.2) is 31.1 Å². The van der Waals surface area contributed by atoms with Crippen LogP contribution in [0.5, 0.6) is 11.5 Å². The zero-order valence-corrected chi connectivity index (χ0v) is 20.7. The van der Waals surface area contributed by atoms with Crippen molar-refractivity contribution < 1.29 is 19.1 Å². The number of ether oxygens (including phenoxy) is 2. The summed E-state index contributed by atoms with van der Waals surface area (Å²) in [7, 11) is 2.98. The van der Waals surface area contributed by atoms with Crippen LogP contribution in [0, 0.1) is 5.92 Å². The van der Waals surface area contributed by atoms with Crippen LogP contribution in [0.15, 0.2) is 39.3 Å². The summed E-state index contributed by atoms with van der Waals surface area (Å²) in [5, 5.41) is 8.45. The van der Waals surface area contributed by atoms with Crippen LogP contribution in [-0.2, 0) is 4.79 Å². The Morgan fingerprint density at radius 3 is 2.33 bits per heavy atom. The van der Waals surface area contributed by atoms with Crippen molar-refractivity contribution >= 4 is 72.4 Å². The highest BCUT2D eigenvalue weighted by Gasteiger charge is 2.18. The molecule has 0 radical (unpaired) electrons. The highest BCUT2D eigenvalue weighted by atomic mass is 79.9. The maximum absolute atomic E-state index is 12.7. The van der Waals surface area contributed by atoms with E-state index in [0.717, 1.165) is 0 Å². The minimum Gasteiger partial charge on any atom is -0.495 e. The molecule has 0 saturated carbocycles. The second kappa shape index (κ2) is 10.7. The summed E-state index contributed by atoms with van der Waals surface area (Å²) < 4.78 is 12.0. The van der Waals surface area contributed by atoms with Gasteiger partial charge in [-0.05, 0) is 52.4 Å². The van der Waals surface area contributed by atoms with Gasteiger partial charge in [0.05, 0.1) is 29.9 Å². The number of thiocarbonyl (C=S) groups is 1. The number of hydrogen-bond donors (Lipinski definition) is 3. The van der Waals surface area contributed by atoms with Crippen LogP contribution in [0.25, 0.3) is 0 Å². The van der Waals surface area contributed by atoms with E-state index in [0.29, 0.717) is 37.4 Å². The fraction of sp³-hybridized carbons (Fsp3) is 0.250. The highest BCUT2D eigenvalue weighted by Crippen LogP contribution is 2.33. The standard InChI is InChI=1S/C20H21Br2N3O4S/c1-10(2)18(26)24-15-6-5-12(9-16(15)28-3)23-20(30)25-19(27)13-7-11(21)8-14(22)17(13)29-4/h5-10H,1-4H3,(H,24,26)(H2,23,25,27,30). The maximum Gasteiger partial charge on any atom is 0.261 e. The normalized spacial score (nSPS) is 10.4. The Balaban J connectivity index is 2.13. The molecule has 3 N–H and O–H groups in total. The molecule has 0 unspecified atom stereocenters. The predicted molar refractivity (Wildman–Crippen MR) is 129 cm³/mol. The molecular formula is C20H21Br2N3O4S. The summed E-state index contributed by atoms with van der Waals surface area (Å²) >= 11 is 12.0. The highest BCUT2D eigenvalue weighted by molar-refractivity contribution is 9.11. The van der Waals surface area contributed by atoms with Gasteiger partial charge < -0.3 is 20.1 Å². The molecule has 7 nitrogen and oxygen atoms in total. The molecule has 0 bridgehead atoms. The first-order chi connectivity index (χ1) is 14.2. The van der Waals surface area contributed by atoms with Gasteiger partial charge in [-0.15, -0.1) is 0 Å². The second-order valence-electron chi connectivity index (χ2n) is 6.44. The number of carbonyl (C=O) groups is 2. The van der Waals surface area contributed by atoms with E-state index < -0.39 is 5.91 Å².